The third-order valence-electron chi connectivity index (χ3n) is 1.38. The van der Waals surface area contributed by atoms with Crippen molar-refractivity contribution in [3.05, 3.63) is 0 Å². The van der Waals surface area contributed by atoms with Gasteiger partial charge in [0.25, 0.3) is 0 Å². The molecule has 84 valence electrons. The first kappa shape index (κ1) is 13.7. The lowest BCUT2D eigenvalue weighted by molar-refractivity contribution is -0.119. The van der Waals surface area contributed by atoms with Gasteiger partial charge in [0.2, 0.25) is 5.91 Å². The summed E-state index contributed by atoms with van der Waals surface area (Å²) in [7, 11) is 1.63. The van der Waals surface area contributed by atoms with Crippen LogP contribution in [0.2, 0.25) is 0 Å². The minimum atomic E-state index is -0.840. The number of aliphatic hydroxyl groups is 1. The van der Waals surface area contributed by atoms with Crippen LogP contribution in [0.5, 0.6) is 0 Å². The van der Waals surface area contributed by atoms with E-state index in [9.17, 15) is 9.90 Å². The molecule has 0 aromatic heterocycles. The minimum Gasteiger partial charge on any atom is -0.389 e. The molecule has 0 unspecified atom stereocenters. The predicted molar refractivity (Wildman–Crippen MR) is 58.5 cm³/mol. The quantitative estimate of drug-likeness (QED) is 0.605. The zero-order valence-electron chi connectivity index (χ0n) is 9.00. The Morgan fingerprint density at radius 3 is 2.71 bits per heavy atom. The molecule has 0 aromatic carbocycles. The normalized spacial score (nSPS) is 11.4. The van der Waals surface area contributed by atoms with E-state index in [-0.39, 0.29) is 12.5 Å². The Balaban J connectivity index is 3.38. The molecular weight excluding hydrogens is 202 g/mol. The van der Waals surface area contributed by atoms with Gasteiger partial charge in [0, 0.05) is 19.4 Å². The second-order valence-corrected chi connectivity index (χ2v) is 4.74. The van der Waals surface area contributed by atoms with E-state index in [1.165, 1.54) is 11.8 Å². The molecule has 0 rings (SSSR count). The summed E-state index contributed by atoms with van der Waals surface area (Å²) in [6.45, 7) is 4.26. The number of carbonyl (C=O) groups excluding carboxylic acids is 1. The average molecular weight is 221 g/mol. The standard InChI is InChI=1S/C9H19NO3S/c1-9(2,12)7-10-8(11)6-14-5-4-13-3/h12H,4-7H2,1-3H3,(H,10,11). The Hall–Kier alpha value is -0.260. The molecule has 0 aliphatic rings. The van der Waals surface area contributed by atoms with Gasteiger partial charge in [-0.15, -0.1) is 11.8 Å². The highest BCUT2D eigenvalue weighted by atomic mass is 32.2. The van der Waals surface area contributed by atoms with Crippen molar-refractivity contribution >= 4 is 17.7 Å². The van der Waals surface area contributed by atoms with Gasteiger partial charge in [-0.2, -0.15) is 0 Å². The molecule has 0 spiro atoms. The number of hydrogen-bond acceptors (Lipinski definition) is 4. The van der Waals surface area contributed by atoms with Crippen molar-refractivity contribution in [2.75, 3.05) is 31.8 Å². The number of thioether (sulfide) groups is 1. The molecule has 0 aliphatic heterocycles. The van der Waals surface area contributed by atoms with E-state index in [0.717, 1.165) is 5.75 Å². The summed E-state index contributed by atoms with van der Waals surface area (Å²) in [6.07, 6.45) is 0. The molecule has 0 atom stereocenters. The van der Waals surface area contributed by atoms with E-state index in [4.69, 9.17) is 4.74 Å². The fourth-order valence-electron chi connectivity index (χ4n) is 0.673. The van der Waals surface area contributed by atoms with Crippen LogP contribution < -0.4 is 5.32 Å². The fourth-order valence-corrected chi connectivity index (χ4v) is 1.39. The van der Waals surface area contributed by atoms with Gasteiger partial charge in [-0.25, -0.2) is 0 Å². The fraction of sp³-hybridized carbons (Fsp3) is 0.889. The summed E-state index contributed by atoms with van der Waals surface area (Å²) in [4.78, 5) is 11.2. The maximum atomic E-state index is 11.2. The first-order chi connectivity index (χ1) is 6.45. The van der Waals surface area contributed by atoms with E-state index < -0.39 is 5.60 Å². The summed E-state index contributed by atoms with van der Waals surface area (Å²) in [5.41, 5.74) is -0.840. The number of amides is 1. The van der Waals surface area contributed by atoms with Crippen LogP contribution in [0, 0.1) is 0 Å². The summed E-state index contributed by atoms with van der Waals surface area (Å²) in [5.74, 6) is 1.18. The van der Waals surface area contributed by atoms with Crippen LogP contribution in [0.25, 0.3) is 0 Å². The summed E-state index contributed by atoms with van der Waals surface area (Å²) < 4.78 is 4.85. The topological polar surface area (TPSA) is 58.6 Å². The van der Waals surface area contributed by atoms with Crippen LogP contribution in [0.15, 0.2) is 0 Å². The molecule has 4 nitrogen and oxygen atoms in total. The van der Waals surface area contributed by atoms with Crippen LogP contribution in [0.4, 0.5) is 0 Å². The summed E-state index contributed by atoms with van der Waals surface area (Å²) in [6, 6.07) is 0. The number of carbonyl (C=O) groups is 1. The van der Waals surface area contributed by atoms with Crippen LogP contribution in [0.1, 0.15) is 13.8 Å². The van der Waals surface area contributed by atoms with Gasteiger partial charge in [-0.3, -0.25) is 4.79 Å². The molecular formula is C9H19NO3S. The Morgan fingerprint density at radius 2 is 2.21 bits per heavy atom. The predicted octanol–water partition coefficient (Wildman–Crippen LogP) is 0.253. The lowest BCUT2D eigenvalue weighted by Crippen LogP contribution is -2.39. The number of ether oxygens (including phenoxy) is 1. The number of methoxy groups -OCH3 is 1. The van der Waals surface area contributed by atoms with E-state index >= 15 is 0 Å². The Labute approximate surface area is 89.4 Å². The van der Waals surface area contributed by atoms with Gasteiger partial charge in [0.15, 0.2) is 0 Å². The first-order valence-corrected chi connectivity index (χ1v) is 5.67. The van der Waals surface area contributed by atoms with Crippen LogP contribution in [-0.2, 0) is 9.53 Å². The lowest BCUT2D eigenvalue weighted by Gasteiger charge is -2.17. The van der Waals surface area contributed by atoms with Crippen molar-refractivity contribution in [2.24, 2.45) is 0 Å². The van der Waals surface area contributed by atoms with Crippen molar-refractivity contribution in [3.63, 3.8) is 0 Å². The zero-order chi connectivity index (χ0) is 11.0. The zero-order valence-corrected chi connectivity index (χ0v) is 9.82. The van der Waals surface area contributed by atoms with Crippen molar-refractivity contribution in [2.45, 2.75) is 19.4 Å². The number of hydrogen-bond donors (Lipinski definition) is 2. The smallest absolute Gasteiger partial charge is 0.230 e. The second kappa shape index (κ2) is 7.09. The van der Waals surface area contributed by atoms with Crippen molar-refractivity contribution in [3.8, 4) is 0 Å². The van der Waals surface area contributed by atoms with E-state index in [1.54, 1.807) is 21.0 Å². The molecule has 0 aromatic rings. The average Bonchev–Trinajstić information content (AvgIpc) is 2.08. The van der Waals surface area contributed by atoms with Crippen molar-refractivity contribution < 1.29 is 14.6 Å². The highest BCUT2D eigenvalue weighted by Crippen LogP contribution is 2.00. The Morgan fingerprint density at radius 1 is 1.57 bits per heavy atom. The SMILES string of the molecule is COCCSCC(=O)NCC(C)(C)O. The third-order valence-corrected chi connectivity index (χ3v) is 2.30. The van der Waals surface area contributed by atoms with Gasteiger partial charge in [-0.05, 0) is 13.8 Å². The monoisotopic (exact) mass is 221 g/mol. The van der Waals surface area contributed by atoms with Crippen molar-refractivity contribution in [1.29, 1.82) is 0 Å². The molecule has 2 N–H and O–H groups in total. The third kappa shape index (κ3) is 9.83. The molecule has 0 fully saturated rings. The molecule has 1 amide bonds. The molecule has 0 bridgehead atoms. The van der Waals surface area contributed by atoms with E-state index in [0.29, 0.717) is 12.4 Å². The van der Waals surface area contributed by atoms with Crippen LogP contribution in [0.3, 0.4) is 0 Å². The highest BCUT2D eigenvalue weighted by Gasteiger charge is 2.13. The van der Waals surface area contributed by atoms with Crippen LogP contribution >= 0.6 is 11.8 Å². The van der Waals surface area contributed by atoms with Gasteiger partial charge in [0.05, 0.1) is 18.0 Å². The van der Waals surface area contributed by atoms with Gasteiger partial charge in [0.1, 0.15) is 0 Å². The van der Waals surface area contributed by atoms with Gasteiger partial charge < -0.3 is 15.2 Å². The second-order valence-electron chi connectivity index (χ2n) is 3.63. The summed E-state index contributed by atoms with van der Waals surface area (Å²) in [5, 5.41) is 12.0. The highest BCUT2D eigenvalue weighted by molar-refractivity contribution is 7.99. The van der Waals surface area contributed by atoms with Gasteiger partial charge >= 0.3 is 0 Å². The molecule has 0 heterocycles. The number of nitrogens with one attached hydrogen (secondary N) is 1. The summed E-state index contributed by atoms with van der Waals surface area (Å²) >= 11 is 1.52. The molecule has 0 aliphatic carbocycles. The molecule has 14 heavy (non-hydrogen) atoms. The van der Waals surface area contributed by atoms with E-state index in [1.807, 2.05) is 0 Å². The molecule has 0 saturated carbocycles. The number of rotatable bonds is 7. The van der Waals surface area contributed by atoms with Crippen LogP contribution in [-0.4, -0.2) is 48.4 Å². The Bertz CT molecular complexity index is 168. The largest absolute Gasteiger partial charge is 0.389 e. The maximum absolute atomic E-state index is 11.2. The molecule has 0 radical (unpaired) electrons. The molecule has 0 saturated heterocycles. The Kier molecular flexibility index (Phi) is 6.96. The van der Waals surface area contributed by atoms with E-state index in [2.05, 4.69) is 5.32 Å². The lowest BCUT2D eigenvalue weighted by atomic mass is 10.1. The first-order valence-electron chi connectivity index (χ1n) is 4.51. The maximum Gasteiger partial charge on any atom is 0.230 e. The van der Waals surface area contributed by atoms with Crippen molar-refractivity contribution in [1.82, 2.24) is 5.32 Å². The van der Waals surface area contributed by atoms with Gasteiger partial charge in [-0.1, -0.05) is 0 Å². The molecule has 5 heteroatoms. The minimum absolute atomic E-state index is 0.0479.